The number of carbonyl (C=O) groups excluding carboxylic acids is 2. The Labute approximate surface area is 172 Å². The first-order valence-corrected chi connectivity index (χ1v) is 9.03. The van der Waals surface area contributed by atoms with Crippen LogP contribution >= 0.6 is 12.4 Å². The summed E-state index contributed by atoms with van der Waals surface area (Å²) in [5, 5.41) is 5.48. The van der Waals surface area contributed by atoms with Gasteiger partial charge in [-0.05, 0) is 23.6 Å². The van der Waals surface area contributed by atoms with Crippen LogP contribution in [-0.4, -0.2) is 31.0 Å². The van der Waals surface area contributed by atoms with Crippen molar-refractivity contribution in [3.05, 3.63) is 66.2 Å². The molecule has 0 saturated heterocycles. The zero-order chi connectivity index (χ0) is 19.6. The van der Waals surface area contributed by atoms with Crippen molar-refractivity contribution in [3.63, 3.8) is 0 Å². The summed E-state index contributed by atoms with van der Waals surface area (Å²) in [7, 11) is 0. The van der Waals surface area contributed by atoms with E-state index in [0.717, 1.165) is 11.3 Å². The predicted molar refractivity (Wildman–Crippen MR) is 112 cm³/mol. The van der Waals surface area contributed by atoms with Gasteiger partial charge in [0.15, 0.2) is 0 Å². The van der Waals surface area contributed by atoms with E-state index in [2.05, 4.69) is 10.6 Å². The van der Waals surface area contributed by atoms with Crippen LogP contribution in [0, 0.1) is 5.92 Å². The topological polar surface area (TPSA) is 93.5 Å². The van der Waals surface area contributed by atoms with Crippen molar-refractivity contribution in [2.75, 3.05) is 13.2 Å². The van der Waals surface area contributed by atoms with Crippen LogP contribution in [0.1, 0.15) is 25.5 Å². The lowest BCUT2D eigenvalue weighted by Gasteiger charge is -2.21. The number of halogens is 1. The summed E-state index contributed by atoms with van der Waals surface area (Å²) in [6.07, 6.45) is 0. The van der Waals surface area contributed by atoms with Crippen molar-refractivity contribution in [3.8, 4) is 5.75 Å². The van der Waals surface area contributed by atoms with Crippen molar-refractivity contribution in [2.45, 2.75) is 25.9 Å². The zero-order valence-electron chi connectivity index (χ0n) is 16.1. The quantitative estimate of drug-likeness (QED) is 0.597. The van der Waals surface area contributed by atoms with Crippen LogP contribution in [0.5, 0.6) is 5.75 Å². The maximum Gasteiger partial charge on any atom is 0.239 e. The van der Waals surface area contributed by atoms with Gasteiger partial charge < -0.3 is 21.1 Å². The summed E-state index contributed by atoms with van der Waals surface area (Å²) < 4.78 is 5.80. The highest BCUT2D eigenvalue weighted by atomic mass is 35.5. The number of hydrogen-bond acceptors (Lipinski definition) is 4. The average Bonchev–Trinajstić information content (AvgIpc) is 2.70. The van der Waals surface area contributed by atoms with Crippen molar-refractivity contribution >= 4 is 24.2 Å². The van der Waals surface area contributed by atoms with E-state index < -0.39 is 6.04 Å². The summed E-state index contributed by atoms with van der Waals surface area (Å²) in [5.41, 5.74) is 6.71. The zero-order valence-corrected chi connectivity index (χ0v) is 16.9. The van der Waals surface area contributed by atoms with Crippen LogP contribution in [0.2, 0.25) is 0 Å². The summed E-state index contributed by atoms with van der Waals surface area (Å²) in [5.74, 6) is 0.0926. The molecule has 0 aliphatic rings. The van der Waals surface area contributed by atoms with Crippen molar-refractivity contribution in [2.24, 2.45) is 11.7 Å². The molecule has 0 saturated carbocycles. The van der Waals surface area contributed by atoms with Crippen molar-refractivity contribution in [1.29, 1.82) is 0 Å². The van der Waals surface area contributed by atoms with E-state index in [9.17, 15) is 9.59 Å². The van der Waals surface area contributed by atoms with Gasteiger partial charge in [0.2, 0.25) is 11.8 Å². The monoisotopic (exact) mass is 405 g/mol. The van der Waals surface area contributed by atoms with Gasteiger partial charge in [-0.15, -0.1) is 12.4 Å². The maximum absolute atomic E-state index is 12.3. The highest BCUT2D eigenvalue weighted by Crippen LogP contribution is 2.16. The first-order chi connectivity index (χ1) is 13.0. The highest BCUT2D eigenvalue weighted by Gasteiger charge is 2.19. The molecular formula is C21H28ClN3O3. The summed E-state index contributed by atoms with van der Waals surface area (Å²) >= 11 is 0. The molecule has 7 heteroatoms. The van der Waals surface area contributed by atoms with Crippen LogP contribution < -0.4 is 21.1 Å². The molecule has 2 amide bonds. The molecular weight excluding hydrogens is 378 g/mol. The normalized spacial score (nSPS) is 12.4. The van der Waals surface area contributed by atoms with E-state index in [0.29, 0.717) is 0 Å². The van der Waals surface area contributed by atoms with Gasteiger partial charge in [0, 0.05) is 0 Å². The molecule has 2 rings (SSSR count). The summed E-state index contributed by atoms with van der Waals surface area (Å²) in [6, 6.07) is 18.0. The minimum atomic E-state index is -0.635. The van der Waals surface area contributed by atoms with Crippen molar-refractivity contribution < 1.29 is 14.3 Å². The number of benzene rings is 2. The van der Waals surface area contributed by atoms with Gasteiger partial charge in [-0.1, -0.05) is 62.4 Å². The van der Waals surface area contributed by atoms with Crippen LogP contribution in [-0.2, 0) is 9.59 Å². The van der Waals surface area contributed by atoms with Crippen LogP contribution in [0.25, 0.3) is 0 Å². The smallest absolute Gasteiger partial charge is 0.239 e. The number of nitrogens with two attached hydrogens (primary N) is 1. The molecule has 0 fully saturated rings. The first-order valence-electron chi connectivity index (χ1n) is 9.03. The maximum atomic E-state index is 12.3. The van der Waals surface area contributed by atoms with E-state index in [4.69, 9.17) is 10.5 Å². The second-order valence-electron chi connectivity index (χ2n) is 6.64. The van der Waals surface area contributed by atoms with Gasteiger partial charge in [0.1, 0.15) is 12.4 Å². The van der Waals surface area contributed by atoms with E-state index in [1.165, 1.54) is 0 Å². The fourth-order valence-corrected chi connectivity index (χ4v) is 2.44. The first kappa shape index (κ1) is 23.5. The Bertz CT molecular complexity index is 726. The van der Waals surface area contributed by atoms with Gasteiger partial charge in [-0.3, -0.25) is 9.59 Å². The number of para-hydroxylation sites is 1. The number of hydrogen-bond donors (Lipinski definition) is 3. The minimum absolute atomic E-state index is 0. The summed E-state index contributed by atoms with van der Waals surface area (Å²) in [6.45, 7) is 3.86. The number of rotatable bonds is 9. The molecule has 1 unspecified atom stereocenters. The van der Waals surface area contributed by atoms with Gasteiger partial charge >= 0.3 is 0 Å². The molecule has 0 aliphatic heterocycles. The van der Waals surface area contributed by atoms with Crippen LogP contribution in [0.4, 0.5) is 0 Å². The van der Waals surface area contributed by atoms with E-state index >= 15 is 0 Å². The lowest BCUT2D eigenvalue weighted by molar-refractivity contribution is -0.127. The Morgan fingerprint density at radius 1 is 1.00 bits per heavy atom. The molecule has 2 aromatic carbocycles. The molecule has 0 bridgehead atoms. The van der Waals surface area contributed by atoms with Gasteiger partial charge in [-0.2, -0.15) is 0 Å². The fraction of sp³-hybridized carbons (Fsp3) is 0.333. The number of nitrogens with one attached hydrogen (secondary N) is 2. The minimum Gasteiger partial charge on any atom is -0.491 e. The lowest BCUT2D eigenvalue weighted by Crippen LogP contribution is -2.47. The molecule has 28 heavy (non-hydrogen) atoms. The molecule has 2 aromatic rings. The number of ether oxygens (including phenoxy) is 1. The Morgan fingerprint density at radius 2 is 1.57 bits per heavy atom. The molecule has 0 spiro atoms. The number of amides is 2. The third-order valence-corrected chi connectivity index (χ3v) is 4.14. The SMILES string of the molecule is CC(C)[C@H](N)C(=O)NCC(=O)NC(COc1ccccc1)c1ccccc1.Cl. The number of carbonyl (C=O) groups is 2. The van der Waals surface area contributed by atoms with Gasteiger partial charge in [-0.25, -0.2) is 0 Å². The second kappa shape index (κ2) is 12.0. The third-order valence-electron chi connectivity index (χ3n) is 4.14. The predicted octanol–water partition coefficient (Wildman–Crippen LogP) is 2.44. The van der Waals surface area contributed by atoms with E-state index in [-0.39, 0.29) is 49.3 Å². The van der Waals surface area contributed by atoms with E-state index in [1.807, 2.05) is 74.5 Å². The van der Waals surface area contributed by atoms with Crippen LogP contribution in [0.15, 0.2) is 60.7 Å². The fourth-order valence-electron chi connectivity index (χ4n) is 2.44. The van der Waals surface area contributed by atoms with Crippen molar-refractivity contribution in [1.82, 2.24) is 10.6 Å². The Kier molecular flexibility index (Phi) is 10.1. The molecule has 0 aliphatic carbocycles. The Morgan fingerprint density at radius 3 is 2.14 bits per heavy atom. The molecule has 6 nitrogen and oxygen atoms in total. The molecule has 2 atom stereocenters. The van der Waals surface area contributed by atoms with Gasteiger partial charge in [0.25, 0.3) is 0 Å². The summed E-state index contributed by atoms with van der Waals surface area (Å²) in [4.78, 5) is 24.2. The van der Waals surface area contributed by atoms with E-state index in [1.54, 1.807) is 0 Å². The lowest BCUT2D eigenvalue weighted by atomic mass is 10.1. The Balaban J connectivity index is 0.00000392. The average molecular weight is 406 g/mol. The molecule has 4 N–H and O–H groups in total. The largest absolute Gasteiger partial charge is 0.491 e. The van der Waals surface area contributed by atoms with Crippen LogP contribution in [0.3, 0.4) is 0 Å². The highest BCUT2D eigenvalue weighted by molar-refractivity contribution is 5.87. The molecule has 0 aromatic heterocycles. The third kappa shape index (κ3) is 7.58. The molecule has 152 valence electrons. The second-order valence-corrected chi connectivity index (χ2v) is 6.64. The molecule has 0 radical (unpaired) electrons. The standard InChI is InChI=1S/C21H27N3O3.ClH/c1-15(2)20(22)21(26)23-13-19(25)24-18(16-9-5-3-6-10-16)14-27-17-11-7-4-8-12-17;/h3-12,15,18,20H,13-14,22H2,1-2H3,(H,23,26)(H,24,25);1H/t18?,20-;/m0./s1. The van der Waals surface area contributed by atoms with Gasteiger partial charge in [0.05, 0.1) is 18.6 Å². The Hall–Kier alpha value is -2.57. The molecule has 0 heterocycles.